The van der Waals surface area contributed by atoms with Crippen LogP contribution in [0.5, 0.6) is 0 Å². The summed E-state index contributed by atoms with van der Waals surface area (Å²) in [5.41, 5.74) is 0.551. The number of nitrogens with zero attached hydrogens (tertiary/aromatic N) is 1. The van der Waals surface area contributed by atoms with E-state index in [1.54, 1.807) is 30.5 Å². The molecule has 0 aromatic heterocycles. The molecule has 1 N–H and O–H groups in total. The maximum absolute atomic E-state index is 12.6. The summed E-state index contributed by atoms with van der Waals surface area (Å²) in [6.07, 6.45) is 3.95. The first-order chi connectivity index (χ1) is 12.9. The van der Waals surface area contributed by atoms with Gasteiger partial charge in [-0.2, -0.15) is 11.8 Å². The number of rotatable bonds is 8. The lowest BCUT2D eigenvalue weighted by atomic mass is 10.1. The molecule has 1 saturated carbocycles. The van der Waals surface area contributed by atoms with Crippen LogP contribution in [-0.2, 0) is 14.3 Å². The van der Waals surface area contributed by atoms with E-state index in [9.17, 15) is 19.2 Å². The van der Waals surface area contributed by atoms with E-state index in [1.165, 1.54) is 11.8 Å². The van der Waals surface area contributed by atoms with E-state index in [4.69, 9.17) is 4.74 Å². The van der Waals surface area contributed by atoms with E-state index >= 15 is 0 Å². The van der Waals surface area contributed by atoms with Gasteiger partial charge in [-0.25, -0.2) is 4.79 Å². The van der Waals surface area contributed by atoms with Gasteiger partial charge in [0.1, 0.15) is 6.04 Å². The molecular weight excluding hydrogens is 368 g/mol. The van der Waals surface area contributed by atoms with Gasteiger partial charge in [0, 0.05) is 11.8 Å². The zero-order valence-corrected chi connectivity index (χ0v) is 16.1. The molecule has 0 unspecified atom stereocenters. The van der Waals surface area contributed by atoms with Crippen molar-refractivity contribution in [3.63, 3.8) is 0 Å². The zero-order valence-electron chi connectivity index (χ0n) is 15.3. The lowest BCUT2D eigenvalue weighted by Crippen LogP contribution is -2.48. The zero-order chi connectivity index (χ0) is 19.6. The van der Waals surface area contributed by atoms with Gasteiger partial charge in [-0.3, -0.25) is 19.3 Å². The number of imide groups is 1. The molecule has 1 aromatic carbocycles. The van der Waals surface area contributed by atoms with Crippen LogP contribution in [0, 0.1) is 5.92 Å². The third-order valence-electron chi connectivity index (χ3n) is 4.80. The van der Waals surface area contributed by atoms with Crippen LogP contribution < -0.4 is 5.32 Å². The Morgan fingerprint density at radius 1 is 1.22 bits per heavy atom. The average molecular weight is 390 g/mol. The number of benzene rings is 1. The highest BCUT2D eigenvalue weighted by Crippen LogP contribution is 2.32. The SMILES string of the molecule is CSC[C@@H](C(=O)OCC(=O)N[C@@H](C)C1CC1)N1C(=O)c2ccccc2C1=O. The van der Waals surface area contributed by atoms with Gasteiger partial charge in [0.2, 0.25) is 0 Å². The number of ether oxygens (including phenoxy) is 1. The topological polar surface area (TPSA) is 92.8 Å². The quantitative estimate of drug-likeness (QED) is 0.534. The summed E-state index contributed by atoms with van der Waals surface area (Å²) >= 11 is 1.32. The summed E-state index contributed by atoms with van der Waals surface area (Å²) in [6, 6.07) is 5.44. The Hall–Kier alpha value is -2.35. The van der Waals surface area contributed by atoms with Crippen molar-refractivity contribution < 1.29 is 23.9 Å². The molecule has 3 rings (SSSR count). The van der Waals surface area contributed by atoms with Crippen LogP contribution in [0.2, 0.25) is 0 Å². The van der Waals surface area contributed by atoms with Crippen LogP contribution in [0.25, 0.3) is 0 Å². The summed E-state index contributed by atoms with van der Waals surface area (Å²) in [7, 11) is 0. The lowest BCUT2D eigenvalue weighted by Gasteiger charge is -2.24. The molecule has 144 valence electrons. The van der Waals surface area contributed by atoms with Crippen molar-refractivity contribution in [3.05, 3.63) is 35.4 Å². The highest BCUT2D eigenvalue weighted by molar-refractivity contribution is 7.98. The van der Waals surface area contributed by atoms with Crippen LogP contribution in [-0.4, -0.2) is 59.3 Å². The first kappa shape index (κ1) is 19.4. The number of amides is 3. The van der Waals surface area contributed by atoms with Gasteiger partial charge in [0.25, 0.3) is 17.7 Å². The number of carbonyl (C=O) groups is 4. The van der Waals surface area contributed by atoms with Gasteiger partial charge in [0.15, 0.2) is 6.61 Å². The first-order valence-electron chi connectivity index (χ1n) is 8.86. The fraction of sp³-hybridized carbons (Fsp3) is 0.474. The Morgan fingerprint density at radius 3 is 2.33 bits per heavy atom. The number of thioether (sulfide) groups is 1. The fourth-order valence-corrected chi connectivity index (χ4v) is 3.74. The van der Waals surface area contributed by atoms with Crippen molar-refractivity contribution in [2.24, 2.45) is 5.92 Å². The number of hydrogen-bond acceptors (Lipinski definition) is 6. The van der Waals surface area contributed by atoms with Gasteiger partial charge in [-0.1, -0.05) is 12.1 Å². The molecule has 0 bridgehead atoms. The van der Waals surface area contributed by atoms with Crippen LogP contribution in [0.4, 0.5) is 0 Å². The maximum atomic E-state index is 12.6. The molecule has 7 nitrogen and oxygen atoms in total. The molecule has 1 aliphatic carbocycles. The second-order valence-corrected chi connectivity index (χ2v) is 7.71. The van der Waals surface area contributed by atoms with Gasteiger partial charge in [-0.15, -0.1) is 0 Å². The largest absolute Gasteiger partial charge is 0.454 e. The standard InChI is InChI=1S/C19H22N2O5S/c1-11(12-7-8-12)20-16(22)9-26-19(25)15(10-27-2)21-17(23)13-5-3-4-6-14(13)18(21)24/h3-6,11-12,15H,7-10H2,1-2H3,(H,20,22)/t11-,15-/m0/s1. The smallest absolute Gasteiger partial charge is 0.330 e. The highest BCUT2D eigenvalue weighted by Gasteiger charge is 2.43. The van der Waals surface area contributed by atoms with E-state index < -0.39 is 30.4 Å². The van der Waals surface area contributed by atoms with Gasteiger partial charge < -0.3 is 10.1 Å². The molecule has 0 radical (unpaired) electrons. The van der Waals surface area contributed by atoms with Crippen molar-refractivity contribution in [1.29, 1.82) is 0 Å². The average Bonchev–Trinajstić information content (AvgIpc) is 3.47. The molecule has 2 atom stereocenters. The molecule has 3 amide bonds. The summed E-state index contributed by atoms with van der Waals surface area (Å²) in [5.74, 6) is -1.48. The number of nitrogens with one attached hydrogen (secondary N) is 1. The van der Waals surface area contributed by atoms with E-state index in [1.807, 2.05) is 6.92 Å². The summed E-state index contributed by atoms with van der Waals surface area (Å²) in [5, 5.41) is 2.80. The van der Waals surface area contributed by atoms with E-state index in [2.05, 4.69) is 5.32 Å². The van der Waals surface area contributed by atoms with Crippen molar-refractivity contribution >= 4 is 35.5 Å². The molecular formula is C19H22N2O5S. The third kappa shape index (κ3) is 4.16. The molecule has 2 aliphatic rings. The maximum Gasteiger partial charge on any atom is 0.330 e. The Labute approximate surface area is 161 Å². The van der Waals surface area contributed by atoms with Crippen LogP contribution in [0.3, 0.4) is 0 Å². The van der Waals surface area contributed by atoms with Crippen LogP contribution in [0.15, 0.2) is 24.3 Å². The van der Waals surface area contributed by atoms with Crippen molar-refractivity contribution in [3.8, 4) is 0 Å². The predicted molar refractivity (Wildman–Crippen MR) is 100 cm³/mol. The Kier molecular flexibility index (Phi) is 5.84. The third-order valence-corrected chi connectivity index (χ3v) is 5.45. The molecule has 27 heavy (non-hydrogen) atoms. The van der Waals surface area contributed by atoms with Gasteiger partial charge >= 0.3 is 5.97 Å². The Bertz CT molecular complexity index is 742. The highest BCUT2D eigenvalue weighted by atomic mass is 32.2. The number of fused-ring (bicyclic) bond motifs is 1. The van der Waals surface area contributed by atoms with Crippen molar-refractivity contribution in [1.82, 2.24) is 10.2 Å². The Morgan fingerprint density at radius 2 is 1.81 bits per heavy atom. The molecule has 1 fully saturated rings. The lowest BCUT2D eigenvalue weighted by molar-refractivity contribution is -0.151. The minimum absolute atomic E-state index is 0.0504. The van der Waals surface area contributed by atoms with Crippen molar-refractivity contribution in [2.45, 2.75) is 31.8 Å². The molecule has 0 saturated heterocycles. The van der Waals surface area contributed by atoms with E-state index in [0.29, 0.717) is 5.92 Å². The second-order valence-electron chi connectivity index (χ2n) is 6.80. The fourth-order valence-electron chi connectivity index (χ4n) is 3.14. The van der Waals surface area contributed by atoms with Gasteiger partial charge in [0.05, 0.1) is 11.1 Å². The predicted octanol–water partition coefficient (Wildman–Crippen LogP) is 1.47. The minimum Gasteiger partial charge on any atom is -0.454 e. The molecule has 1 aliphatic heterocycles. The molecule has 0 spiro atoms. The normalized spacial score (nSPS) is 18.1. The summed E-state index contributed by atoms with van der Waals surface area (Å²) in [4.78, 5) is 50.6. The number of carbonyl (C=O) groups excluding carboxylic acids is 4. The number of hydrogen-bond donors (Lipinski definition) is 1. The first-order valence-corrected chi connectivity index (χ1v) is 10.2. The van der Waals surface area contributed by atoms with Crippen LogP contribution >= 0.6 is 11.8 Å². The van der Waals surface area contributed by atoms with Crippen LogP contribution in [0.1, 0.15) is 40.5 Å². The van der Waals surface area contributed by atoms with Crippen molar-refractivity contribution in [2.75, 3.05) is 18.6 Å². The molecule has 1 aromatic rings. The molecule has 8 heteroatoms. The van der Waals surface area contributed by atoms with E-state index in [0.717, 1.165) is 17.7 Å². The monoisotopic (exact) mass is 390 g/mol. The van der Waals surface area contributed by atoms with E-state index in [-0.39, 0.29) is 28.8 Å². The molecule has 1 heterocycles. The number of esters is 1. The second kappa shape index (κ2) is 8.12. The summed E-state index contributed by atoms with van der Waals surface area (Å²) in [6.45, 7) is 1.50. The minimum atomic E-state index is -1.07. The summed E-state index contributed by atoms with van der Waals surface area (Å²) < 4.78 is 5.12. The Balaban J connectivity index is 1.64. The van der Waals surface area contributed by atoms with Gasteiger partial charge in [-0.05, 0) is 44.1 Å².